The van der Waals surface area contributed by atoms with Crippen molar-refractivity contribution in [2.24, 2.45) is 4.99 Å². The van der Waals surface area contributed by atoms with Gasteiger partial charge in [-0.15, -0.1) is 24.0 Å². The molecule has 1 aromatic carbocycles. The molecule has 0 spiro atoms. The predicted molar refractivity (Wildman–Crippen MR) is 110 cm³/mol. The third-order valence-corrected chi connectivity index (χ3v) is 4.35. The highest BCUT2D eigenvalue weighted by Gasteiger charge is 2.15. The van der Waals surface area contributed by atoms with E-state index in [4.69, 9.17) is 4.99 Å². The van der Waals surface area contributed by atoms with Gasteiger partial charge in [-0.1, -0.05) is 18.2 Å². The van der Waals surface area contributed by atoms with Crippen molar-refractivity contribution in [3.05, 3.63) is 47.3 Å². The Balaban J connectivity index is 0.00000208. The largest absolute Gasteiger partial charge is 0.343 e. The van der Waals surface area contributed by atoms with Crippen molar-refractivity contribution >= 4 is 35.6 Å². The van der Waals surface area contributed by atoms with Gasteiger partial charge in [0.1, 0.15) is 0 Å². The zero-order valence-corrected chi connectivity index (χ0v) is 16.7. The highest BCUT2D eigenvalue weighted by atomic mass is 127. The molecule has 1 aromatic heterocycles. The fourth-order valence-corrected chi connectivity index (χ4v) is 2.94. The molecular formula is C18H26IN5. The Morgan fingerprint density at radius 3 is 2.50 bits per heavy atom. The average Bonchev–Trinajstić information content (AvgIpc) is 2.92. The molecule has 130 valence electrons. The molecule has 0 saturated carbocycles. The van der Waals surface area contributed by atoms with Crippen LogP contribution < -0.4 is 5.32 Å². The quantitative estimate of drug-likeness (QED) is 0.430. The second-order valence-electron chi connectivity index (χ2n) is 6.09. The van der Waals surface area contributed by atoms with Gasteiger partial charge in [-0.05, 0) is 45.2 Å². The van der Waals surface area contributed by atoms with Crippen LogP contribution in [-0.2, 0) is 6.54 Å². The smallest absolute Gasteiger partial charge is 0.198 e. The molecule has 0 aliphatic carbocycles. The van der Waals surface area contributed by atoms with E-state index in [1.807, 2.05) is 25.1 Å². The first-order chi connectivity index (χ1) is 11.2. The molecule has 24 heavy (non-hydrogen) atoms. The summed E-state index contributed by atoms with van der Waals surface area (Å²) in [4.78, 5) is 7.24. The van der Waals surface area contributed by atoms with E-state index in [0.717, 1.165) is 36.1 Å². The van der Waals surface area contributed by atoms with Crippen molar-refractivity contribution in [1.29, 1.82) is 0 Å². The van der Waals surface area contributed by atoms with Crippen molar-refractivity contribution < 1.29 is 0 Å². The molecule has 0 unspecified atom stereocenters. The number of nitrogens with zero attached hydrogens (tertiary/aromatic N) is 3. The number of aliphatic imine (C=N–C) groups is 1. The molecule has 1 aliphatic heterocycles. The molecule has 0 radical (unpaired) electrons. The average molecular weight is 439 g/mol. The number of aromatic amines is 1. The Hall–Kier alpha value is -1.57. The van der Waals surface area contributed by atoms with E-state index in [1.54, 1.807) is 0 Å². The van der Waals surface area contributed by atoms with Crippen LogP contribution >= 0.6 is 24.0 Å². The van der Waals surface area contributed by atoms with Gasteiger partial charge in [0.2, 0.25) is 0 Å². The van der Waals surface area contributed by atoms with E-state index < -0.39 is 0 Å². The van der Waals surface area contributed by atoms with Gasteiger partial charge in [-0.25, -0.2) is 4.99 Å². The number of anilines is 1. The van der Waals surface area contributed by atoms with Crippen LogP contribution in [0.5, 0.6) is 0 Å². The summed E-state index contributed by atoms with van der Waals surface area (Å²) in [5.74, 6) is 0.968. The SMILES string of the molecule is Cc1n[nH]c(C)c1CN=C(Nc1ccccc1)N1CCCCC1.I. The molecule has 6 heteroatoms. The molecule has 2 N–H and O–H groups in total. The van der Waals surface area contributed by atoms with Crippen LogP contribution in [0.2, 0.25) is 0 Å². The number of halogens is 1. The van der Waals surface area contributed by atoms with Crippen LogP contribution in [0.15, 0.2) is 35.3 Å². The van der Waals surface area contributed by atoms with Gasteiger partial charge in [0, 0.05) is 30.0 Å². The fraction of sp³-hybridized carbons (Fsp3) is 0.444. The second-order valence-corrected chi connectivity index (χ2v) is 6.09. The predicted octanol–water partition coefficient (Wildman–Crippen LogP) is 4.10. The number of nitrogens with one attached hydrogen (secondary N) is 2. The van der Waals surface area contributed by atoms with Crippen molar-refractivity contribution in [3.63, 3.8) is 0 Å². The number of hydrogen-bond donors (Lipinski definition) is 2. The number of H-pyrrole nitrogens is 1. The molecule has 1 saturated heterocycles. The number of likely N-dealkylation sites (tertiary alicyclic amines) is 1. The van der Waals surface area contributed by atoms with Gasteiger partial charge >= 0.3 is 0 Å². The van der Waals surface area contributed by atoms with E-state index in [9.17, 15) is 0 Å². The summed E-state index contributed by atoms with van der Waals surface area (Å²) in [5, 5.41) is 10.8. The van der Waals surface area contributed by atoms with Gasteiger partial charge in [0.25, 0.3) is 0 Å². The summed E-state index contributed by atoms with van der Waals surface area (Å²) < 4.78 is 0. The van der Waals surface area contributed by atoms with E-state index in [0.29, 0.717) is 6.54 Å². The topological polar surface area (TPSA) is 56.3 Å². The van der Waals surface area contributed by atoms with Crippen LogP contribution in [0, 0.1) is 13.8 Å². The summed E-state index contributed by atoms with van der Waals surface area (Å²) in [6.07, 6.45) is 3.79. The molecule has 1 fully saturated rings. The Bertz CT molecular complexity index is 640. The van der Waals surface area contributed by atoms with Crippen LogP contribution in [0.1, 0.15) is 36.2 Å². The summed E-state index contributed by atoms with van der Waals surface area (Å²) >= 11 is 0. The Morgan fingerprint density at radius 2 is 1.88 bits per heavy atom. The number of aryl methyl sites for hydroxylation is 2. The molecule has 0 bridgehead atoms. The zero-order valence-electron chi connectivity index (χ0n) is 14.4. The van der Waals surface area contributed by atoms with Gasteiger partial charge < -0.3 is 10.2 Å². The van der Waals surface area contributed by atoms with Crippen molar-refractivity contribution in [2.45, 2.75) is 39.7 Å². The molecule has 2 aromatic rings. The van der Waals surface area contributed by atoms with Gasteiger partial charge in [-0.2, -0.15) is 5.10 Å². The van der Waals surface area contributed by atoms with Crippen molar-refractivity contribution in [3.8, 4) is 0 Å². The molecule has 0 atom stereocenters. The minimum atomic E-state index is 0. The highest BCUT2D eigenvalue weighted by molar-refractivity contribution is 14.0. The van der Waals surface area contributed by atoms with Gasteiger partial charge in [0.15, 0.2) is 5.96 Å². The lowest BCUT2D eigenvalue weighted by atomic mass is 10.1. The van der Waals surface area contributed by atoms with E-state index in [-0.39, 0.29) is 24.0 Å². The number of hydrogen-bond acceptors (Lipinski definition) is 2. The highest BCUT2D eigenvalue weighted by Crippen LogP contribution is 2.15. The summed E-state index contributed by atoms with van der Waals surface area (Å²) in [6, 6.07) is 10.3. The molecular weight excluding hydrogens is 413 g/mol. The van der Waals surface area contributed by atoms with Crippen LogP contribution in [0.4, 0.5) is 5.69 Å². The lowest BCUT2D eigenvalue weighted by molar-refractivity contribution is 0.340. The third-order valence-electron chi connectivity index (χ3n) is 4.35. The second kappa shape index (κ2) is 9.05. The molecule has 2 heterocycles. The Morgan fingerprint density at radius 1 is 1.17 bits per heavy atom. The third kappa shape index (κ3) is 4.72. The fourth-order valence-electron chi connectivity index (χ4n) is 2.94. The monoisotopic (exact) mass is 439 g/mol. The number of para-hydroxylation sites is 1. The van der Waals surface area contributed by atoms with E-state index in [1.165, 1.54) is 24.8 Å². The first-order valence-corrected chi connectivity index (χ1v) is 8.36. The maximum Gasteiger partial charge on any atom is 0.198 e. The van der Waals surface area contributed by atoms with E-state index >= 15 is 0 Å². The van der Waals surface area contributed by atoms with E-state index in [2.05, 4.69) is 39.5 Å². The normalized spacial score (nSPS) is 15.1. The number of benzene rings is 1. The summed E-state index contributed by atoms with van der Waals surface area (Å²) in [7, 11) is 0. The van der Waals surface area contributed by atoms with Crippen molar-refractivity contribution in [2.75, 3.05) is 18.4 Å². The number of aromatic nitrogens is 2. The van der Waals surface area contributed by atoms with Crippen LogP contribution in [-0.4, -0.2) is 34.1 Å². The van der Waals surface area contributed by atoms with Crippen molar-refractivity contribution in [1.82, 2.24) is 15.1 Å². The minimum Gasteiger partial charge on any atom is -0.343 e. The summed E-state index contributed by atoms with van der Waals surface area (Å²) in [5.41, 5.74) is 4.40. The van der Waals surface area contributed by atoms with Gasteiger partial charge in [0.05, 0.1) is 12.2 Å². The first-order valence-electron chi connectivity index (χ1n) is 8.36. The van der Waals surface area contributed by atoms with Gasteiger partial charge in [-0.3, -0.25) is 5.10 Å². The lowest BCUT2D eigenvalue weighted by Crippen LogP contribution is -2.40. The molecule has 5 nitrogen and oxygen atoms in total. The Kier molecular flexibility index (Phi) is 7.08. The minimum absolute atomic E-state index is 0. The molecule has 0 amide bonds. The molecule has 3 rings (SSSR count). The lowest BCUT2D eigenvalue weighted by Gasteiger charge is -2.30. The number of rotatable bonds is 3. The maximum absolute atomic E-state index is 4.88. The first kappa shape index (κ1) is 18.8. The van der Waals surface area contributed by atoms with Crippen LogP contribution in [0.3, 0.4) is 0 Å². The molecule has 1 aliphatic rings. The zero-order chi connectivity index (χ0) is 16.1. The van der Waals surface area contributed by atoms with Crippen LogP contribution in [0.25, 0.3) is 0 Å². The number of piperidine rings is 1. The standard InChI is InChI=1S/C18H25N5.HI/c1-14-17(15(2)22-21-14)13-19-18(23-11-7-4-8-12-23)20-16-9-5-3-6-10-16;/h3,5-6,9-10H,4,7-8,11-13H2,1-2H3,(H,19,20)(H,21,22);1H. The Labute approximate surface area is 161 Å². The maximum atomic E-state index is 4.88. The summed E-state index contributed by atoms with van der Waals surface area (Å²) in [6.45, 7) is 6.87. The number of guanidine groups is 1.